The minimum absolute atomic E-state index is 0.440. The van der Waals surface area contributed by atoms with Gasteiger partial charge >= 0.3 is 0 Å². The van der Waals surface area contributed by atoms with E-state index in [4.69, 9.17) is 0 Å². The quantitative estimate of drug-likeness (QED) is 0.789. The summed E-state index contributed by atoms with van der Waals surface area (Å²) < 4.78 is 0. The van der Waals surface area contributed by atoms with Crippen molar-refractivity contribution in [1.29, 1.82) is 0 Å². The zero-order valence-corrected chi connectivity index (χ0v) is 11.4. The Balaban J connectivity index is 2.03. The molecule has 0 aromatic carbocycles. The summed E-state index contributed by atoms with van der Waals surface area (Å²) in [4.78, 5) is 2.78. The normalized spacial score (nSPS) is 38.6. The first-order valence-electron chi connectivity index (χ1n) is 7.04. The maximum atomic E-state index is 3.67. The molecular weight excluding hydrogens is 196 g/mol. The van der Waals surface area contributed by atoms with Gasteiger partial charge in [0.1, 0.15) is 0 Å². The Bertz CT molecular complexity index is 237. The fourth-order valence-corrected chi connectivity index (χ4v) is 2.99. The molecule has 1 saturated carbocycles. The summed E-state index contributed by atoms with van der Waals surface area (Å²) in [7, 11) is 0. The summed E-state index contributed by atoms with van der Waals surface area (Å²) in [6.45, 7) is 13.2. The molecular formula is C14H28N2. The first-order valence-corrected chi connectivity index (χ1v) is 7.04. The fraction of sp³-hybridized carbons (Fsp3) is 1.00. The topological polar surface area (TPSA) is 15.3 Å². The number of piperazine rings is 1. The number of hydrogen-bond donors (Lipinski definition) is 1. The van der Waals surface area contributed by atoms with Crippen molar-refractivity contribution in [3.05, 3.63) is 0 Å². The summed E-state index contributed by atoms with van der Waals surface area (Å²) in [6, 6.07) is 0.663. The van der Waals surface area contributed by atoms with E-state index in [1.807, 2.05) is 0 Å². The van der Waals surface area contributed by atoms with Crippen LogP contribution in [0, 0.1) is 11.8 Å². The molecule has 0 bridgehead atoms. The highest BCUT2D eigenvalue weighted by atomic mass is 15.3. The van der Waals surface area contributed by atoms with Crippen molar-refractivity contribution >= 4 is 0 Å². The molecule has 0 aromatic rings. The lowest BCUT2D eigenvalue weighted by Gasteiger charge is -2.49. The van der Waals surface area contributed by atoms with Crippen LogP contribution in [0.25, 0.3) is 0 Å². The van der Waals surface area contributed by atoms with Crippen LogP contribution < -0.4 is 5.32 Å². The van der Waals surface area contributed by atoms with Crippen LogP contribution in [0.4, 0.5) is 0 Å². The van der Waals surface area contributed by atoms with Crippen LogP contribution in [-0.4, -0.2) is 36.1 Å². The van der Waals surface area contributed by atoms with Crippen molar-refractivity contribution in [3.63, 3.8) is 0 Å². The summed E-state index contributed by atoms with van der Waals surface area (Å²) in [5.74, 6) is 1.79. The van der Waals surface area contributed by atoms with E-state index in [-0.39, 0.29) is 0 Å². The van der Waals surface area contributed by atoms with Gasteiger partial charge in [-0.1, -0.05) is 20.3 Å². The van der Waals surface area contributed by atoms with Gasteiger partial charge in [0.05, 0.1) is 0 Å². The fourth-order valence-electron chi connectivity index (χ4n) is 2.99. The largest absolute Gasteiger partial charge is 0.311 e. The molecule has 3 unspecified atom stereocenters. The highest BCUT2D eigenvalue weighted by molar-refractivity contribution is 5.04. The number of hydrogen-bond acceptors (Lipinski definition) is 2. The van der Waals surface area contributed by atoms with Crippen molar-refractivity contribution in [1.82, 2.24) is 10.2 Å². The van der Waals surface area contributed by atoms with Crippen molar-refractivity contribution in [3.8, 4) is 0 Å². The summed E-state index contributed by atoms with van der Waals surface area (Å²) in [6.07, 6.45) is 4.20. The molecule has 1 aliphatic carbocycles. The van der Waals surface area contributed by atoms with E-state index in [1.54, 1.807) is 0 Å². The monoisotopic (exact) mass is 224 g/mol. The maximum absolute atomic E-state index is 3.67. The van der Waals surface area contributed by atoms with Crippen LogP contribution in [-0.2, 0) is 0 Å². The second kappa shape index (κ2) is 4.66. The average molecular weight is 224 g/mol. The first-order chi connectivity index (χ1) is 7.56. The van der Waals surface area contributed by atoms with Gasteiger partial charge < -0.3 is 5.32 Å². The Morgan fingerprint density at radius 1 is 1.44 bits per heavy atom. The molecule has 0 aromatic heterocycles. The van der Waals surface area contributed by atoms with Gasteiger partial charge in [-0.05, 0) is 38.5 Å². The molecule has 3 atom stereocenters. The molecule has 16 heavy (non-hydrogen) atoms. The lowest BCUT2D eigenvalue weighted by molar-refractivity contribution is 0.0264. The van der Waals surface area contributed by atoms with Crippen molar-refractivity contribution in [2.45, 2.75) is 58.5 Å². The van der Waals surface area contributed by atoms with Gasteiger partial charge in [-0.15, -0.1) is 0 Å². The van der Waals surface area contributed by atoms with E-state index < -0.39 is 0 Å². The first kappa shape index (κ1) is 12.4. The molecule has 0 amide bonds. The third kappa shape index (κ3) is 2.43. The molecule has 2 rings (SSSR count). The van der Waals surface area contributed by atoms with Crippen LogP contribution in [0.1, 0.15) is 47.0 Å². The van der Waals surface area contributed by atoms with E-state index in [1.165, 1.54) is 38.9 Å². The molecule has 1 heterocycles. The maximum Gasteiger partial charge on any atom is 0.0334 e. The minimum atomic E-state index is 0.440. The third-order valence-electron chi connectivity index (χ3n) is 4.71. The van der Waals surface area contributed by atoms with Crippen molar-refractivity contribution in [2.75, 3.05) is 19.6 Å². The zero-order chi connectivity index (χ0) is 11.8. The van der Waals surface area contributed by atoms with Gasteiger partial charge in [-0.3, -0.25) is 4.90 Å². The van der Waals surface area contributed by atoms with Crippen LogP contribution in [0.3, 0.4) is 0 Å². The summed E-state index contributed by atoms with van der Waals surface area (Å²) in [5.41, 5.74) is 0.440. The molecule has 1 saturated heterocycles. The summed E-state index contributed by atoms with van der Waals surface area (Å²) >= 11 is 0. The van der Waals surface area contributed by atoms with E-state index in [0.29, 0.717) is 11.6 Å². The van der Waals surface area contributed by atoms with E-state index >= 15 is 0 Å². The SMILES string of the molecule is CCC(C)CN1CC(C)NCC1(C)C1CC1. The predicted octanol–water partition coefficient (Wildman–Crippen LogP) is 2.49. The third-order valence-corrected chi connectivity index (χ3v) is 4.71. The van der Waals surface area contributed by atoms with Crippen molar-refractivity contribution in [2.24, 2.45) is 11.8 Å². The molecule has 0 radical (unpaired) electrons. The predicted molar refractivity (Wildman–Crippen MR) is 69.6 cm³/mol. The van der Waals surface area contributed by atoms with Gasteiger partial charge in [0.2, 0.25) is 0 Å². The Morgan fingerprint density at radius 3 is 2.69 bits per heavy atom. The second-order valence-corrected chi connectivity index (χ2v) is 6.33. The molecule has 0 spiro atoms. The lowest BCUT2D eigenvalue weighted by Crippen LogP contribution is -2.64. The Labute approximate surface area is 101 Å². The minimum Gasteiger partial charge on any atom is -0.311 e. The molecule has 2 aliphatic rings. The molecule has 2 fully saturated rings. The molecule has 2 nitrogen and oxygen atoms in total. The molecule has 2 heteroatoms. The standard InChI is InChI=1S/C14H28N2/c1-5-11(2)8-16-9-12(3)15-10-14(16,4)13-6-7-13/h11-13,15H,5-10H2,1-4H3. The Hall–Kier alpha value is -0.0800. The number of nitrogens with zero attached hydrogens (tertiary/aromatic N) is 1. The van der Waals surface area contributed by atoms with E-state index in [0.717, 1.165) is 11.8 Å². The smallest absolute Gasteiger partial charge is 0.0334 e. The number of nitrogens with one attached hydrogen (secondary N) is 1. The van der Waals surface area contributed by atoms with Crippen LogP contribution in [0.2, 0.25) is 0 Å². The van der Waals surface area contributed by atoms with E-state index in [9.17, 15) is 0 Å². The number of rotatable bonds is 4. The highest BCUT2D eigenvalue weighted by Crippen LogP contribution is 2.44. The van der Waals surface area contributed by atoms with E-state index in [2.05, 4.69) is 37.9 Å². The van der Waals surface area contributed by atoms with Crippen molar-refractivity contribution < 1.29 is 0 Å². The van der Waals surface area contributed by atoms with Gasteiger partial charge in [-0.2, -0.15) is 0 Å². The van der Waals surface area contributed by atoms with Crippen LogP contribution in [0.5, 0.6) is 0 Å². The molecule has 1 aliphatic heterocycles. The second-order valence-electron chi connectivity index (χ2n) is 6.33. The average Bonchev–Trinajstić information content (AvgIpc) is 3.07. The van der Waals surface area contributed by atoms with Gasteiger partial charge in [0.15, 0.2) is 0 Å². The lowest BCUT2D eigenvalue weighted by atomic mass is 9.88. The summed E-state index contributed by atoms with van der Waals surface area (Å²) in [5, 5.41) is 3.67. The van der Waals surface area contributed by atoms with Gasteiger partial charge in [0.25, 0.3) is 0 Å². The van der Waals surface area contributed by atoms with Crippen LogP contribution >= 0.6 is 0 Å². The van der Waals surface area contributed by atoms with Gasteiger partial charge in [-0.25, -0.2) is 0 Å². The Morgan fingerprint density at radius 2 is 2.12 bits per heavy atom. The molecule has 94 valence electrons. The Kier molecular flexibility index (Phi) is 3.60. The highest BCUT2D eigenvalue weighted by Gasteiger charge is 2.47. The van der Waals surface area contributed by atoms with Crippen LogP contribution in [0.15, 0.2) is 0 Å². The van der Waals surface area contributed by atoms with Gasteiger partial charge in [0, 0.05) is 31.2 Å². The molecule has 1 N–H and O–H groups in total. The zero-order valence-electron chi connectivity index (χ0n) is 11.4.